The number of rotatable bonds is 6. The van der Waals surface area contributed by atoms with E-state index in [9.17, 15) is 9.59 Å². The Labute approximate surface area is 155 Å². The maximum atomic E-state index is 12.4. The zero-order valence-electron chi connectivity index (χ0n) is 15.7. The lowest BCUT2D eigenvalue weighted by Crippen LogP contribution is -2.42. The molecule has 0 spiro atoms. The predicted molar refractivity (Wildman–Crippen MR) is 99.8 cm³/mol. The Morgan fingerprint density at radius 1 is 1.27 bits per heavy atom. The van der Waals surface area contributed by atoms with Gasteiger partial charge in [-0.1, -0.05) is 26.2 Å². The molecule has 2 heterocycles. The average Bonchev–Trinajstić information content (AvgIpc) is 3.09. The standard InChI is InChI=1S/C19H31N5O2/c1-19(7-9-20-10-8-19)14-21-18(26)15-11-22-24(12-15)13-17(25)23-16-5-3-2-4-6-16/h11-12,16,20H,2-10,13-14H2,1H3,(H,21,26)(H,23,25). The summed E-state index contributed by atoms with van der Waals surface area (Å²) in [6.45, 7) is 5.04. The van der Waals surface area contributed by atoms with Crippen LogP contribution >= 0.6 is 0 Å². The fourth-order valence-corrected chi connectivity index (χ4v) is 3.84. The summed E-state index contributed by atoms with van der Waals surface area (Å²) in [6, 6.07) is 0.292. The molecular weight excluding hydrogens is 330 g/mol. The summed E-state index contributed by atoms with van der Waals surface area (Å²) < 4.78 is 1.54. The van der Waals surface area contributed by atoms with Crippen molar-refractivity contribution in [2.45, 2.75) is 64.5 Å². The molecule has 1 aliphatic heterocycles. The summed E-state index contributed by atoms with van der Waals surface area (Å²) in [5.41, 5.74) is 0.657. The van der Waals surface area contributed by atoms with E-state index in [1.807, 2.05) is 0 Å². The monoisotopic (exact) mass is 361 g/mol. The molecule has 1 aromatic heterocycles. The minimum Gasteiger partial charge on any atom is -0.352 e. The molecule has 2 fully saturated rings. The molecule has 0 bridgehead atoms. The van der Waals surface area contributed by atoms with E-state index < -0.39 is 0 Å². The van der Waals surface area contributed by atoms with Crippen molar-refractivity contribution in [1.29, 1.82) is 0 Å². The zero-order chi connectivity index (χ0) is 18.4. The molecule has 1 aromatic rings. The minimum absolute atomic E-state index is 0.0332. The molecule has 0 atom stereocenters. The van der Waals surface area contributed by atoms with E-state index in [1.165, 1.54) is 25.5 Å². The van der Waals surface area contributed by atoms with Gasteiger partial charge in [-0.15, -0.1) is 0 Å². The lowest BCUT2D eigenvalue weighted by Gasteiger charge is -2.34. The number of carbonyl (C=O) groups excluding carboxylic acids is 2. The first-order chi connectivity index (χ1) is 12.5. The van der Waals surface area contributed by atoms with Crippen molar-refractivity contribution < 1.29 is 9.59 Å². The van der Waals surface area contributed by atoms with Crippen LogP contribution in [0.5, 0.6) is 0 Å². The van der Waals surface area contributed by atoms with E-state index >= 15 is 0 Å². The fourth-order valence-electron chi connectivity index (χ4n) is 3.84. The summed E-state index contributed by atoms with van der Waals surface area (Å²) in [5, 5.41) is 13.6. The summed E-state index contributed by atoms with van der Waals surface area (Å²) in [4.78, 5) is 24.5. The lowest BCUT2D eigenvalue weighted by atomic mass is 9.81. The van der Waals surface area contributed by atoms with Gasteiger partial charge < -0.3 is 16.0 Å². The highest BCUT2D eigenvalue weighted by atomic mass is 16.2. The summed E-state index contributed by atoms with van der Waals surface area (Å²) in [5.74, 6) is -0.155. The molecule has 3 N–H and O–H groups in total. The second kappa shape index (κ2) is 8.66. The van der Waals surface area contributed by atoms with Crippen LogP contribution in [0, 0.1) is 5.41 Å². The maximum Gasteiger partial charge on any atom is 0.254 e. The number of hydrogen-bond donors (Lipinski definition) is 3. The molecule has 7 nitrogen and oxygen atoms in total. The first-order valence-corrected chi connectivity index (χ1v) is 9.85. The van der Waals surface area contributed by atoms with Crippen molar-refractivity contribution in [1.82, 2.24) is 25.7 Å². The first-order valence-electron chi connectivity index (χ1n) is 9.85. The van der Waals surface area contributed by atoms with Gasteiger partial charge in [0.2, 0.25) is 5.91 Å². The topological polar surface area (TPSA) is 88.0 Å². The number of aromatic nitrogens is 2. The molecule has 7 heteroatoms. The first kappa shape index (κ1) is 18.9. The van der Waals surface area contributed by atoms with Crippen LogP contribution < -0.4 is 16.0 Å². The van der Waals surface area contributed by atoms with Crippen LogP contribution in [0.3, 0.4) is 0 Å². The van der Waals surface area contributed by atoms with Gasteiger partial charge in [0, 0.05) is 18.8 Å². The predicted octanol–water partition coefficient (Wildman–Crippen LogP) is 1.45. The molecule has 0 unspecified atom stereocenters. The molecule has 1 saturated heterocycles. The molecule has 2 aliphatic rings. The van der Waals surface area contributed by atoms with E-state index in [0.29, 0.717) is 18.2 Å². The number of amides is 2. The number of nitrogens with zero attached hydrogens (tertiary/aromatic N) is 2. The van der Waals surface area contributed by atoms with Gasteiger partial charge in [-0.05, 0) is 44.2 Å². The summed E-state index contributed by atoms with van der Waals surface area (Å²) in [6.07, 6.45) is 11.1. The van der Waals surface area contributed by atoms with Gasteiger partial charge in [-0.2, -0.15) is 5.10 Å². The Bertz CT molecular complexity index is 615. The van der Waals surface area contributed by atoms with Crippen molar-refractivity contribution in [3.8, 4) is 0 Å². The lowest BCUT2D eigenvalue weighted by molar-refractivity contribution is -0.122. The van der Waals surface area contributed by atoms with E-state index in [-0.39, 0.29) is 23.8 Å². The molecule has 3 rings (SSSR count). The van der Waals surface area contributed by atoms with Gasteiger partial charge >= 0.3 is 0 Å². The normalized spacial score (nSPS) is 20.5. The van der Waals surface area contributed by atoms with Crippen molar-refractivity contribution in [3.63, 3.8) is 0 Å². The molecule has 0 radical (unpaired) electrons. The van der Waals surface area contributed by atoms with Crippen LogP contribution in [0.4, 0.5) is 0 Å². The van der Waals surface area contributed by atoms with Gasteiger partial charge in [0.05, 0.1) is 11.8 Å². The average molecular weight is 361 g/mol. The van der Waals surface area contributed by atoms with E-state index in [2.05, 4.69) is 28.0 Å². The SMILES string of the molecule is CC1(CNC(=O)c2cnn(CC(=O)NC3CCCCC3)c2)CCNCC1. The molecule has 1 saturated carbocycles. The van der Waals surface area contributed by atoms with Crippen LogP contribution in [0.15, 0.2) is 12.4 Å². The molecular formula is C19H31N5O2. The van der Waals surface area contributed by atoms with Crippen molar-refractivity contribution >= 4 is 11.8 Å². The highest BCUT2D eigenvalue weighted by Crippen LogP contribution is 2.26. The molecule has 2 amide bonds. The molecule has 26 heavy (non-hydrogen) atoms. The van der Waals surface area contributed by atoms with Crippen LogP contribution in [0.2, 0.25) is 0 Å². The number of piperidine rings is 1. The fraction of sp³-hybridized carbons (Fsp3) is 0.737. The molecule has 144 valence electrons. The largest absolute Gasteiger partial charge is 0.352 e. The Balaban J connectivity index is 1.45. The van der Waals surface area contributed by atoms with Crippen LogP contribution in [-0.4, -0.2) is 47.3 Å². The zero-order valence-corrected chi connectivity index (χ0v) is 15.7. The third-order valence-corrected chi connectivity index (χ3v) is 5.66. The smallest absolute Gasteiger partial charge is 0.254 e. The number of nitrogens with one attached hydrogen (secondary N) is 3. The van der Waals surface area contributed by atoms with Crippen molar-refractivity contribution in [2.24, 2.45) is 5.41 Å². The van der Waals surface area contributed by atoms with Gasteiger partial charge in [-0.25, -0.2) is 0 Å². The van der Waals surface area contributed by atoms with Crippen molar-refractivity contribution in [2.75, 3.05) is 19.6 Å². The van der Waals surface area contributed by atoms with E-state index in [1.54, 1.807) is 10.9 Å². The quantitative estimate of drug-likeness (QED) is 0.716. The summed E-state index contributed by atoms with van der Waals surface area (Å²) >= 11 is 0. The molecule has 0 aromatic carbocycles. The van der Waals surface area contributed by atoms with Crippen LogP contribution in [0.25, 0.3) is 0 Å². The maximum absolute atomic E-state index is 12.4. The Morgan fingerprint density at radius 3 is 2.73 bits per heavy atom. The van der Waals surface area contributed by atoms with E-state index in [0.717, 1.165) is 38.8 Å². The van der Waals surface area contributed by atoms with Crippen molar-refractivity contribution in [3.05, 3.63) is 18.0 Å². The highest BCUT2D eigenvalue weighted by Gasteiger charge is 2.27. The number of hydrogen-bond acceptors (Lipinski definition) is 4. The van der Waals surface area contributed by atoms with Gasteiger partial charge in [0.1, 0.15) is 6.54 Å². The Morgan fingerprint density at radius 2 is 2.00 bits per heavy atom. The Hall–Kier alpha value is -1.89. The van der Waals surface area contributed by atoms with Crippen LogP contribution in [0.1, 0.15) is 62.2 Å². The second-order valence-electron chi connectivity index (χ2n) is 8.07. The summed E-state index contributed by atoms with van der Waals surface area (Å²) in [7, 11) is 0. The van der Waals surface area contributed by atoms with Crippen LogP contribution in [-0.2, 0) is 11.3 Å². The highest BCUT2D eigenvalue weighted by molar-refractivity contribution is 5.93. The number of carbonyl (C=O) groups is 2. The van der Waals surface area contributed by atoms with Gasteiger partial charge in [0.25, 0.3) is 5.91 Å². The minimum atomic E-state index is -0.122. The Kier molecular flexibility index (Phi) is 6.29. The second-order valence-corrected chi connectivity index (χ2v) is 8.07. The van der Waals surface area contributed by atoms with Gasteiger partial charge in [0.15, 0.2) is 0 Å². The van der Waals surface area contributed by atoms with E-state index in [4.69, 9.17) is 0 Å². The molecule has 1 aliphatic carbocycles. The third-order valence-electron chi connectivity index (χ3n) is 5.66. The third kappa shape index (κ3) is 5.30. The van der Waals surface area contributed by atoms with Gasteiger partial charge in [-0.3, -0.25) is 14.3 Å².